The number of ether oxygens (including phenoxy) is 1. The molecular weight excluding hydrogens is 434 g/mol. The molecule has 0 unspecified atom stereocenters. The molecule has 6 nitrogen and oxygen atoms in total. The van der Waals surface area contributed by atoms with Crippen molar-refractivity contribution in [1.29, 1.82) is 0 Å². The topological polar surface area (TPSA) is 62.3 Å². The third kappa shape index (κ3) is 4.72. The zero-order valence-corrected chi connectivity index (χ0v) is 19.3. The summed E-state index contributed by atoms with van der Waals surface area (Å²) >= 11 is 6.29. The smallest absolute Gasteiger partial charge is 0.223 e. The Kier molecular flexibility index (Phi) is 6.28. The summed E-state index contributed by atoms with van der Waals surface area (Å²) in [6.07, 6.45) is 1.79. The zero-order valence-electron chi connectivity index (χ0n) is 18.5. The molecule has 0 bridgehead atoms. The highest BCUT2D eigenvalue weighted by atomic mass is 35.5. The Balaban J connectivity index is 1.50. The van der Waals surface area contributed by atoms with Gasteiger partial charge in [0.1, 0.15) is 5.75 Å². The third-order valence-electron chi connectivity index (χ3n) is 5.94. The van der Waals surface area contributed by atoms with Gasteiger partial charge in [-0.3, -0.25) is 0 Å². The average Bonchev–Trinajstić information content (AvgIpc) is 2.88. The molecule has 1 aliphatic heterocycles. The predicted octanol–water partition coefficient (Wildman–Crippen LogP) is 4.98. The van der Waals surface area contributed by atoms with Gasteiger partial charge in [0.25, 0.3) is 0 Å². The highest BCUT2D eigenvalue weighted by molar-refractivity contribution is 6.31. The second kappa shape index (κ2) is 9.65. The molecule has 1 fully saturated rings. The van der Waals surface area contributed by atoms with Crippen LogP contribution >= 0.6 is 11.6 Å². The van der Waals surface area contributed by atoms with Gasteiger partial charge >= 0.3 is 0 Å². The van der Waals surface area contributed by atoms with E-state index in [1.807, 2.05) is 36.4 Å². The van der Waals surface area contributed by atoms with E-state index in [4.69, 9.17) is 21.3 Å². The van der Waals surface area contributed by atoms with Crippen molar-refractivity contribution in [2.24, 2.45) is 0 Å². The summed E-state index contributed by atoms with van der Waals surface area (Å²) in [6.45, 7) is 4.43. The first-order valence-corrected chi connectivity index (χ1v) is 11.5. The van der Waals surface area contributed by atoms with E-state index in [2.05, 4.69) is 44.8 Å². The van der Waals surface area contributed by atoms with Crippen LogP contribution in [-0.4, -0.2) is 43.3 Å². The normalized spacial score (nSPS) is 13.8. The van der Waals surface area contributed by atoms with Crippen molar-refractivity contribution in [2.75, 3.05) is 43.5 Å². The summed E-state index contributed by atoms with van der Waals surface area (Å²) in [5.41, 5.74) is 4.14. The fourth-order valence-corrected chi connectivity index (χ4v) is 4.38. The van der Waals surface area contributed by atoms with E-state index in [1.165, 1.54) is 11.1 Å². The first-order valence-electron chi connectivity index (χ1n) is 11.1. The van der Waals surface area contributed by atoms with Crippen molar-refractivity contribution < 1.29 is 4.74 Å². The molecule has 7 heteroatoms. The minimum atomic E-state index is 0.562. The van der Waals surface area contributed by atoms with Crippen LogP contribution in [0, 0.1) is 0 Å². The van der Waals surface area contributed by atoms with E-state index in [0.29, 0.717) is 12.5 Å². The number of nitrogens with one attached hydrogen (secondary N) is 2. The lowest BCUT2D eigenvalue weighted by atomic mass is 10.0. The highest BCUT2D eigenvalue weighted by Crippen LogP contribution is 2.35. The maximum atomic E-state index is 6.29. The SMILES string of the molecule is COc1ccc2cc(-c3ccnc(NCc4ccccc4Cl)n3)cc(N3CCNCC3)c2c1. The molecule has 0 radical (unpaired) electrons. The lowest BCUT2D eigenvalue weighted by Gasteiger charge is -2.31. The van der Waals surface area contributed by atoms with Crippen molar-refractivity contribution >= 4 is 34.0 Å². The van der Waals surface area contributed by atoms with E-state index in [1.54, 1.807) is 13.3 Å². The number of rotatable bonds is 6. The summed E-state index contributed by atoms with van der Waals surface area (Å²) in [4.78, 5) is 11.6. The van der Waals surface area contributed by atoms with Crippen LogP contribution in [0.4, 0.5) is 11.6 Å². The van der Waals surface area contributed by atoms with Crippen LogP contribution in [-0.2, 0) is 6.54 Å². The predicted molar refractivity (Wildman–Crippen MR) is 135 cm³/mol. The first-order chi connectivity index (χ1) is 16.2. The van der Waals surface area contributed by atoms with Crippen LogP contribution in [0.2, 0.25) is 5.02 Å². The van der Waals surface area contributed by atoms with Crippen molar-refractivity contribution in [3.8, 4) is 17.0 Å². The lowest BCUT2D eigenvalue weighted by Crippen LogP contribution is -2.43. The minimum absolute atomic E-state index is 0.562. The number of anilines is 2. The molecule has 2 N–H and O–H groups in total. The third-order valence-corrected chi connectivity index (χ3v) is 6.31. The second-order valence-electron chi connectivity index (χ2n) is 8.03. The Labute approximate surface area is 198 Å². The number of nitrogens with zero attached hydrogens (tertiary/aromatic N) is 3. The highest BCUT2D eigenvalue weighted by Gasteiger charge is 2.16. The maximum Gasteiger partial charge on any atom is 0.223 e. The molecule has 1 aromatic heterocycles. The summed E-state index contributed by atoms with van der Waals surface area (Å²) in [7, 11) is 1.71. The van der Waals surface area contributed by atoms with Gasteiger partial charge in [0, 0.05) is 60.6 Å². The van der Waals surface area contributed by atoms with E-state index in [-0.39, 0.29) is 0 Å². The number of piperazine rings is 1. The maximum absolute atomic E-state index is 6.29. The van der Waals surface area contributed by atoms with Crippen molar-refractivity contribution in [3.05, 3.63) is 77.4 Å². The van der Waals surface area contributed by atoms with E-state index >= 15 is 0 Å². The molecule has 0 saturated carbocycles. The van der Waals surface area contributed by atoms with E-state index < -0.39 is 0 Å². The minimum Gasteiger partial charge on any atom is -0.497 e. The molecule has 0 aliphatic carbocycles. The number of hydrogen-bond acceptors (Lipinski definition) is 6. The van der Waals surface area contributed by atoms with Crippen molar-refractivity contribution in [3.63, 3.8) is 0 Å². The second-order valence-corrected chi connectivity index (χ2v) is 8.44. The quantitative estimate of drug-likeness (QED) is 0.424. The standard InChI is InChI=1S/C26H26ClN5O/c1-33-21-7-6-18-14-20(15-25(22(18)16-21)32-12-10-28-11-13-32)24-8-9-29-26(31-24)30-17-19-4-2-3-5-23(19)27/h2-9,14-16,28H,10-13,17H2,1H3,(H,29,30,31). The van der Waals surface area contributed by atoms with Gasteiger partial charge in [0.05, 0.1) is 12.8 Å². The van der Waals surface area contributed by atoms with Gasteiger partial charge in [0.2, 0.25) is 5.95 Å². The molecule has 5 rings (SSSR count). The van der Waals surface area contributed by atoms with Gasteiger partial charge in [-0.05, 0) is 47.3 Å². The van der Waals surface area contributed by atoms with Gasteiger partial charge in [-0.1, -0.05) is 35.9 Å². The van der Waals surface area contributed by atoms with Gasteiger partial charge < -0.3 is 20.3 Å². The van der Waals surface area contributed by atoms with Crippen molar-refractivity contribution in [2.45, 2.75) is 6.54 Å². The van der Waals surface area contributed by atoms with Gasteiger partial charge in [0.15, 0.2) is 0 Å². The Morgan fingerprint density at radius 3 is 2.73 bits per heavy atom. The molecule has 1 aliphatic rings. The number of hydrogen-bond donors (Lipinski definition) is 2. The van der Waals surface area contributed by atoms with Crippen LogP contribution in [0.3, 0.4) is 0 Å². The molecule has 4 aromatic rings. The number of halogens is 1. The van der Waals surface area contributed by atoms with Crippen LogP contribution in [0.25, 0.3) is 22.0 Å². The summed E-state index contributed by atoms with van der Waals surface area (Å²) < 4.78 is 5.50. The molecule has 1 saturated heterocycles. The van der Waals surface area contributed by atoms with E-state index in [0.717, 1.165) is 59.2 Å². The first kappa shape index (κ1) is 21.5. The molecule has 33 heavy (non-hydrogen) atoms. The number of benzene rings is 3. The Hall–Kier alpha value is -3.35. The summed E-state index contributed by atoms with van der Waals surface area (Å²) in [6, 6.07) is 20.4. The molecular formula is C26H26ClN5O. The number of aromatic nitrogens is 2. The van der Waals surface area contributed by atoms with Crippen LogP contribution in [0.5, 0.6) is 5.75 Å². The largest absolute Gasteiger partial charge is 0.497 e. The molecule has 0 amide bonds. The zero-order chi connectivity index (χ0) is 22.6. The summed E-state index contributed by atoms with van der Waals surface area (Å²) in [5.74, 6) is 1.44. The Morgan fingerprint density at radius 2 is 1.91 bits per heavy atom. The van der Waals surface area contributed by atoms with Crippen molar-refractivity contribution in [1.82, 2.24) is 15.3 Å². The Morgan fingerprint density at radius 1 is 1.06 bits per heavy atom. The van der Waals surface area contributed by atoms with Crippen LogP contribution in [0.1, 0.15) is 5.56 Å². The van der Waals surface area contributed by atoms with E-state index in [9.17, 15) is 0 Å². The fourth-order valence-electron chi connectivity index (χ4n) is 4.18. The average molecular weight is 460 g/mol. The monoisotopic (exact) mass is 459 g/mol. The molecule has 168 valence electrons. The molecule has 2 heterocycles. The molecule has 0 spiro atoms. The van der Waals surface area contributed by atoms with Gasteiger partial charge in [-0.15, -0.1) is 0 Å². The van der Waals surface area contributed by atoms with Gasteiger partial charge in [-0.2, -0.15) is 0 Å². The number of methoxy groups -OCH3 is 1. The summed E-state index contributed by atoms with van der Waals surface area (Å²) in [5, 5.41) is 9.81. The lowest BCUT2D eigenvalue weighted by molar-refractivity contribution is 0.415. The fraction of sp³-hybridized carbons (Fsp3) is 0.231. The van der Waals surface area contributed by atoms with Gasteiger partial charge in [-0.25, -0.2) is 9.97 Å². The van der Waals surface area contributed by atoms with Crippen LogP contribution in [0.15, 0.2) is 66.9 Å². The molecule has 0 atom stereocenters. The van der Waals surface area contributed by atoms with Crippen LogP contribution < -0.4 is 20.3 Å². The Bertz CT molecular complexity index is 1270. The molecule has 3 aromatic carbocycles. The number of fused-ring (bicyclic) bond motifs is 1.